The van der Waals surface area contributed by atoms with Gasteiger partial charge in [0.25, 0.3) is 0 Å². The predicted octanol–water partition coefficient (Wildman–Crippen LogP) is 0.795. The first-order chi connectivity index (χ1) is 6.31. The SMILES string of the molecule is CNCCCCOC(C)/C=C/ON. The van der Waals surface area contributed by atoms with Crippen molar-refractivity contribution in [1.29, 1.82) is 0 Å². The summed E-state index contributed by atoms with van der Waals surface area (Å²) in [5.74, 6) is 4.82. The summed E-state index contributed by atoms with van der Waals surface area (Å²) in [7, 11) is 1.95. The molecule has 13 heavy (non-hydrogen) atoms. The van der Waals surface area contributed by atoms with Gasteiger partial charge in [0.15, 0.2) is 0 Å². The average Bonchev–Trinajstić information content (AvgIpc) is 2.14. The third-order valence-electron chi connectivity index (χ3n) is 1.63. The van der Waals surface area contributed by atoms with Crippen LogP contribution in [-0.4, -0.2) is 26.3 Å². The lowest BCUT2D eigenvalue weighted by Crippen LogP contribution is -2.10. The van der Waals surface area contributed by atoms with Crippen molar-refractivity contribution in [3.63, 3.8) is 0 Å². The minimum absolute atomic E-state index is 0.0677. The molecule has 78 valence electrons. The molecule has 0 bridgehead atoms. The fourth-order valence-corrected chi connectivity index (χ4v) is 0.885. The Hall–Kier alpha value is -0.580. The van der Waals surface area contributed by atoms with Gasteiger partial charge in [-0.05, 0) is 39.4 Å². The van der Waals surface area contributed by atoms with Crippen molar-refractivity contribution in [3.05, 3.63) is 12.3 Å². The maximum Gasteiger partial charge on any atom is 0.109 e. The molecule has 0 aromatic carbocycles. The van der Waals surface area contributed by atoms with E-state index in [1.807, 2.05) is 14.0 Å². The zero-order valence-corrected chi connectivity index (χ0v) is 8.45. The number of rotatable bonds is 8. The summed E-state index contributed by atoms with van der Waals surface area (Å²) < 4.78 is 5.44. The van der Waals surface area contributed by atoms with Crippen molar-refractivity contribution >= 4 is 0 Å². The Bertz CT molecular complexity index is 129. The maximum absolute atomic E-state index is 5.44. The molecule has 0 spiro atoms. The Balaban J connectivity index is 3.16. The molecule has 1 unspecified atom stereocenters. The van der Waals surface area contributed by atoms with Crippen LogP contribution in [0.25, 0.3) is 0 Å². The van der Waals surface area contributed by atoms with E-state index in [0.717, 1.165) is 26.0 Å². The molecule has 0 heterocycles. The van der Waals surface area contributed by atoms with Crippen LogP contribution in [0.2, 0.25) is 0 Å². The van der Waals surface area contributed by atoms with E-state index in [-0.39, 0.29) is 6.10 Å². The summed E-state index contributed by atoms with van der Waals surface area (Å²) in [5.41, 5.74) is 0. The van der Waals surface area contributed by atoms with Crippen molar-refractivity contribution < 1.29 is 9.57 Å². The lowest BCUT2D eigenvalue weighted by molar-refractivity contribution is 0.0917. The highest BCUT2D eigenvalue weighted by atomic mass is 16.6. The fourth-order valence-electron chi connectivity index (χ4n) is 0.885. The van der Waals surface area contributed by atoms with Gasteiger partial charge in [0.1, 0.15) is 6.26 Å². The maximum atomic E-state index is 5.44. The van der Waals surface area contributed by atoms with Gasteiger partial charge in [0.05, 0.1) is 6.10 Å². The first kappa shape index (κ1) is 12.4. The van der Waals surface area contributed by atoms with Crippen LogP contribution < -0.4 is 11.2 Å². The average molecular weight is 188 g/mol. The normalized spacial score (nSPS) is 13.5. The molecule has 1 atom stereocenters. The Labute approximate surface area is 80.0 Å². The minimum atomic E-state index is 0.0677. The number of nitrogens with two attached hydrogens (primary N) is 1. The highest BCUT2D eigenvalue weighted by molar-refractivity contribution is 4.80. The fraction of sp³-hybridized carbons (Fsp3) is 0.778. The highest BCUT2D eigenvalue weighted by Gasteiger charge is 1.95. The van der Waals surface area contributed by atoms with Gasteiger partial charge in [0.2, 0.25) is 0 Å². The van der Waals surface area contributed by atoms with E-state index >= 15 is 0 Å². The molecule has 0 aliphatic rings. The van der Waals surface area contributed by atoms with Crippen LogP contribution in [0.1, 0.15) is 19.8 Å². The summed E-state index contributed by atoms with van der Waals surface area (Å²) in [5, 5.41) is 3.08. The van der Waals surface area contributed by atoms with E-state index in [9.17, 15) is 0 Å². The molecular formula is C9H20N2O2. The van der Waals surface area contributed by atoms with Crippen molar-refractivity contribution in [2.45, 2.75) is 25.9 Å². The summed E-state index contributed by atoms with van der Waals surface area (Å²) in [6, 6.07) is 0. The van der Waals surface area contributed by atoms with Crippen molar-refractivity contribution in [3.8, 4) is 0 Å². The molecule has 0 rings (SSSR count). The molecule has 3 N–H and O–H groups in total. The largest absolute Gasteiger partial charge is 0.420 e. The van der Waals surface area contributed by atoms with E-state index in [2.05, 4.69) is 10.2 Å². The van der Waals surface area contributed by atoms with Gasteiger partial charge in [-0.15, -0.1) is 0 Å². The second-order valence-corrected chi connectivity index (χ2v) is 2.85. The lowest BCUT2D eigenvalue weighted by atomic mass is 10.3. The Morgan fingerprint density at radius 1 is 1.46 bits per heavy atom. The van der Waals surface area contributed by atoms with Crippen LogP contribution in [-0.2, 0) is 9.57 Å². The van der Waals surface area contributed by atoms with Gasteiger partial charge < -0.3 is 14.9 Å². The van der Waals surface area contributed by atoms with E-state index in [1.54, 1.807) is 6.08 Å². The first-order valence-electron chi connectivity index (χ1n) is 4.59. The molecule has 4 nitrogen and oxygen atoms in total. The van der Waals surface area contributed by atoms with E-state index in [1.165, 1.54) is 6.26 Å². The summed E-state index contributed by atoms with van der Waals surface area (Å²) >= 11 is 0. The smallest absolute Gasteiger partial charge is 0.109 e. The van der Waals surface area contributed by atoms with Gasteiger partial charge in [0, 0.05) is 6.61 Å². The Kier molecular flexibility index (Phi) is 9.08. The van der Waals surface area contributed by atoms with Crippen molar-refractivity contribution in [1.82, 2.24) is 5.32 Å². The van der Waals surface area contributed by atoms with Gasteiger partial charge >= 0.3 is 0 Å². The van der Waals surface area contributed by atoms with Gasteiger partial charge in [-0.25, -0.2) is 0 Å². The molecular weight excluding hydrogens is 168 g/mol. The molecule has 0 amide bonds. The number of unbranched alkanes of at least 4 members (excludes halogenated alkanes) is 1. The van der Waals surface area contributed by atoms with Crippen LogP contribution in [0.4, 0.5) is 0 Å². The molecule has 0 saturated carbocycles. The molecule has 0 aromatic heterocycles. The van der Waals surface area contributed by atoms with Crippen LogP contribution in [0.5, 0.6) is 0 Å². The first-order valence-corrected chi connectivity index (χ1v) is 4.59. The molecule has 4 heteroatoms. The molecule has 0 saturated heterocycles. The Morgan fingerprint density at radius 2 is 2.23 bits per heavy atom. The topological polar surface area (TPSA) is 56.5 Å². The summed E-state index contributed by atoms with van der Waals surface area (Å²) in [4.78, 5) is 4.29. The zero-order valence-electron chi connectivity index (χ0n) is 8.45. The number of hydrogen-bond donors (Lipinski definition) is 2. The Morgan fingerprint density at radius 3 is 2.85 bits per heavy atom. The number of hydrogen-bond acceptors (Lipinski definition) is 4. The number of ether oxygens (including phenoxy) is 1. The molecule has 0 radical (unpaired) electrons. The van der Waals surface area contributed by atoms with Gasteiger partial charge in [-0.1, -0.05) is 0 Å². The minimum Gasteiger partial charge on any atom is -0.420 e. The molecule has 0 fully saturated rings. The molecule has 0 aromatic rings. The number of nitrogens with one attached hydrogen (secondary N) is 1. The van der Waals surface area contributed by atoms with Gasteiger partial charge in [-0.3, -0.25) is 0 Å². The summed E-state index contributed by atoms with van der Waals surface area (Å²) in [6.45, 7) is 3.77. The monoisotopic (exact) mass is 188 g/mol. The van der Waals surface area contributed by atoms with E-state index in [4.69, 9.17) is 10.6 Å². The standard InChI is InChI=1S/C9H20N2O2/c1-9(5-8-13-10)12-7-4-3-6-11-2/h5,8-9,11H,3-4,6-7,10H2,1-2H3/b8-5+. The van der Waals surface area contributed by atoms with E-state index < -0.39 is 0 Å². The quantitative estimate of drug-likeness (QED) is 0.336. The zero-order chi connectivity index (χ0) is 9.94. The van der Waals surface area contributed by atoms with Crippen LogP contribution in [0, 0.1) is 0 Å². The lowest BCUT2D eigenvalue weighted by Gasteiger charge is -2.07. The third kappa shape index (κ3) is 9.33. The molecule has 0 aliphatic heterocycles. The van der Waals surface area contributed by atoms with Crippen LogP contribution in [0.15, 0.2) is 12.3 Å². The van der Waals surface area contributed by atoms with Crippen LogP contribution >= 0.6 is 0 Å². The second-order valence-electron chi connectivity index (χ2n) is 2.85. The predicted molar refractivity (Wildman–Crippen MR) is 53.0 cm³/mol. The van der Waals surface area contributed by atoms with E-state index in [0.29, 0.717) is 0 Å². The van der Waals surface area contributed by atoms with Gasteiger partial charge in [-0.2, -0.15) is 5.90 Å². The highest BCUT2D eigenvalue weighted by Crippen LogP contribution is 1.96. The van der Waals surface area contributed by atoms with Crippen molar-refractivity contribution in [2.75, 3.05) is 20.2 Å². The molecule has 0 aliphatic carbocycles. The third-order valence-corrected chi connectivity index (χ3v) is 1.63. The van der Waals surface area contributed by atoms with Crippen molar-refractivity contribution in [2.24, 2.45) is 5.90 Å². The summed E-state index contributed by atoms with van der Waals surface area (Å²) in [6.07, 6.45) is 5.48. The second kappa shape index (κ2) is 9.51. The van der Waals surface area contributed by atoms with Crippen LogP contribution in [0.3, 0.4) is 0 Å².